The second kappa shape index (κ2) is 5.80. The summed E-state index contributed by atoms with van der Waals surface area (Å²) in [4.78, 5) is 11.5. The number of nitrogens with zero attached hydrogens (tertiary/aromatic N) is 2. The van der Waals surface area contributed by atoms with Gasteiger partial charge in [0.05, 0.1) is 34.6 Å². The van der Waals surface area contributed by atoms with Crippen molar-refractivity contribution in [3.05, 3.63) is 41.2 Å². The molecule has 22 heavy (non-hydrogen) atoms. The third kappa shape index (κ3) is 2.96. The lowest BCUT2D eigenvalue weighted by Crippen LogP contribution is -2.15. The molecule has 0 fully saturated rings. The number of sulfonamides is 1. The molecule has 2 aromatic rings. The van der Waals surface area contributed by atoms with Crippen molar-refractivity contribution in [3.8, 4) is 0 Å². The molecule has 0 saturated carbocycles. The van der Waals surface area contributed by atoms with Gasteiger partial charge in [0.1, 0.15) is 0 Å². The van der Waals surface area contributed by atoms with Gasteiger partial charge in [-0.3, -0.25) is 9.40 Å². The van der Waals surface area contributed by atoms with E-state index in [0.29, 0.717) is 17.1 Å². The Balaban J connectivity index is 2.41. The summed E-state index contributed by atoms with van der Waals surface area (Å²) in [6, 6.07) is 5.67. The summed E-state index contributed by atoms with van der Waals surface area (Å²) in [5.74, 6) is -0.592. The van der Waals surface area contributed by atoms with Gasteiger partial charge in [0.15, 0.2) is 0 Å². The number of aromatic nitrogens is 2. The smallest absolute Gasteiger partial charge is 0.337 e. The first kappa shape index (κ1) is 16.0. The molecule has 0 aliphatic rings. The highest BCUT2D eigenvalue weighted by atomic mass is 32.2. The van der Waals surface area contributed by atoms with Gasteiger partial charge in [-0.1, -0.05) is 6.07 Å². The summed E-state index contributed by atoms with van der Waals surface area (Å²) < 4.78 is 33.7. The fraction of sp³-hybridized carbons (Fsp3) is 0.286. The number of carbonyl (C=O) groups is 1. The molecular weight excluding hydrogens is 306 g/mol. The maximum Gasteiger partial charge on any atom is 0.337 e. The second-order valence-corrected chi connectivity index (χ2v) is 6.48. The standard InChI is InChI=1S/C14H17N3O4S/c1-9-13(10(2)17(3)15-9)16-22(19,20)12-7-5-6-11(8-12)14(18)21-4/h5-8,16H,1-4H3. The van der Waals surface area contributed by atoms with Gasteiger partial charge in [0, 0.05) is 7.05 Å². The van der Waals surface area contributed by atoms with E-state index < -0.39 is 16.0 Å². The lowest BCUT2D eigenvalue weighted by Gasteiger charge is -2.09. The van der Waals surface area contributed by atoms with Crippen molar-refractivity contribution in [3.63, 3.8) is 0 Å². The van der Waals surface area contributed by atoms with Crippen LogP contribution in [0.1, 0.15) is 21.7 Å². The van der Waals surface area contributed by atoms with E-state index in [1.165, 1.54) is 31.4 Å². The number of anilines is 1. The Morgan fingerprint density at radius 3 is 2.55 bits per heavy atom. The fourth-order valence-electron chi connectivity index (χ4n) is 2.02. The molecule has 1 heterocycles. The van der Waals surface area contributed by atoms with Crippen LogP contribution in [-0.4, -0.2) is 31.3 Å². The maximum atomic E-state index is 12.5. The molecule has 118 valence electrons. The monoisotopic (exact) mass is 323 g/mol. The van der Waals surface area contributed by atoms with Crippen LogP contribution in [0.25, 0.3) is 0 Å². The molecule has 2 rings (SSSR count). The largest absolute Gasteiger partial charge is 0.465 e. The quantitative estimate of drug-likeness (QED) is 0.864. The molecule has 0 aliphatic carbocycles. The molecule has 0 atom stereocenters. The fourth-order valence-corrected chi connectivity index (χ4v) is 3.24. The van der Waals surface area contributed by atoms with Crippen LogP contribution >= 0.6 is 0 Å². The van der Waals surface area contributed by atoms with Gasteiger partial charge < -0.3 is 4.74 Å². The number of benzene rings is 1. The Kier molecular flexibility index (Phi) is 4.23. The molecule has 7 nitrogen and oxygen atoms in total. The van der Waals surface area contributed by atoms with E-state index in [1.807, 2.05) is 0 Å². The SMILES string of the molecule is COC(=O)c1cccc(S(=O)(=O)Nc2c(C)nn(C)c2C)c1. The third-order valence-corrected chi connectivity index (χ3v) is 4.66. The number of carbonyl (C=O) groups excluding carboxylic acids is 1. The molecule has 1 N–H and O–H groups in total. The van der Waals surface area contributed by atoms with Crippen molar-refractivity contribution in [2.75, 3.05) is 11.8 Å². The summed E-state index contributed by atoms with van der Waals surface area (Å²) in [6.45, 7) is 3.48. The van der Waals surface area contributed by atoms with Gasteiger partial charge in [-0.15, -0.1) is 0 Å². The average molecular weight is 323 g/mol. The number of esters is 1. The van der Waals surface area contributed by atoms with Crippen molar-refractivity contribution >= 4 is 21.7 Å². The highest BCUT2D eigenvalue weighted by molar-refractivity contribution is 7.92. The number of ether oxygens (including phenoxy) is 1. The molecule has 0 unspecified atom stereocenters. The molecular formula is C14H17N3O4S. The minimum atomic E-state index is -3.82. The Labute approximate surface area is 129 Å². The van der Waals surface area contributed by atoms with E-state index in [-0.39, 0.29) is 10.5 Å². The van der Waals surface area contributed by atoms with Crippen molar-refractivity contribution in [1.82, 2.24) is 9.78 Å². The zero-order chi connectivity index (χ0) is 16.5. The number of methoxy groups -OCH3 is 1. The molecule has 0 radical (unpaired) electrons. The summed E-state index contributed by atoms with van der Waals surface area (Å²) in [7, 11) is -0.846. The van der Waals surface area contributed by atoms with Gasteiger partial charge >= 0.3 is 5.97 Å². The van der Waals surface area contributed by atoms with Gasteiger partial charge in [-0.05, 0) is 32.0 Å². The summed E-state index contributed by atoms with van der Waals surface area (Å²) in [5.41, 5.74) is 1.88. The van der Waals surface area contributed by atoms with E-state index in [0.717, 1.165) is 0 Å². The second-order valence-electron chi connectivity index (χ2n) is 4.79. The number of hydrogen-bond donors (Lipinski definition) is 1. The number of hydrogen-bond acceptors (Lipinski definition) is 5. The average Bonchev–Trinajstić information content (AvgIpc) is 2.73. The highest BCUT2D eigenvalue weighted by Gasteiger charge is 2.20. The van der Waals surface area contributed by atoms with E-state index in [1.54, 1.807) is 25.6 Å². The maximum absolute atomic E-state index is 12.5. The molecule has 8 heteroatoms. The Hall–Kier alpha value is -2.35. The molecule has 0 spiro atoms. The van der Waals surface area contributed by atoms with Gasteiger partial charge in [0.2, 0.25) is 0 Å². The van der Waals surface area contributed by atoms with E-state index in [2.05, 4.69) is 14.6 Å². The van der Waals surface area contributed by atoms with Crippen LogP contribution in [0.15, 0.2) is 29.2 Å². The van der Waals surface area contributed by atoms with Crippen LogP contribution in [-0.2, 0) is 21.8 Å². The molecule has 1 aromatic heterocycles. The van der Waals surface area contributed by atoms with Gasteiger partial charge in [-0.25, -0.2) is 13.2 Å². The van der Waals surface area contributed by atoms with Gasteiger partial charge in [-0.2, -0.15) is 5.10 Å². The molecule has 1 aromatic carbocycles. The minimum absolute atomic E-state index is 0.0157. The number of aryl methyl sites for hydroxylation is 2. The van der Waals surface area contributed by atoms with Crippen LogP contribution in [0, 0.1) is 13.8 Å². The van der Waals surface area contributed by atoms with E-state index in [9.17, 15) is 13.2 Å². The van der Waals surface area contributed by atoms with Crippen LogP contribution in [0.5, 0.6) is 0 Å². The molecule has 0 bridgehead atoms. The van der Waals surface area contributed by atoms with Crippen molar-refractivity contribution < 1.29 is 17.9 Å². The Bertz CT molecular complexity index is 825. The van der Waals surface area contributed by atoms with Crippen LogP contribution < -0.4 is 4.72 Å². The topological polar surface area (TPSA) is 90.3 Å². The van der Waals surface area contributed by atoms with Crippen LogP contribution in [0.3, 0.4) is 0 Å². The van der Waals surface area contributed by atoms with Crippen molar-refractivity contribution in [2.24, 2.45) is 7.05 Å². The predicted octanol–water partition coefficient (Wildman–Crippen LogP) is 1.62. The zero-order valence-electron chi connectivity index (χ0n) is 12.7. The van der Waals surface area contributed by atoms with Crippen molar-refractivity contribution in [1.29, 1.82) is 0 Å². The highest BCUT2D eigenvalue weighted by Crippen LogP contribution is 2.23. The lowest BCUT2D eigenvalue weighted by atomic mass is 10.2. The summed E-state index contributed by atoms with van der Waals surface area (Å²) in [6.07, 6.45) is 0. The first-order chi connectivity index (χ1) is 10.3. The molecule has 0 aliphatic heterocycles. The number of rotatable bonds is 4. The third-order valence-electron chi connectivity index (χ3n) is 3.31. The molecule has 0 saturated heterocycles. The first-order valence-electron chi connectivity index (χ1n) is 6.47. The Morgan fingerprint density at radius 2 is 2.00 bits per heavy atom. The normalized spacial score (nSPS) is 11.3. The van der Waals surface area contributed by atoms with E-state index >= 15 is 0 Å². The van der Waals surface area contributed by atoms with Gasteiger partial charge in [0.25, 0.3) is 10.0 Å². The van der Waals surface area contributed by atoms with Crippen LogP contribution in [0.2, 0.25) is 0 Å². The minimum Gasteiger partial charge on any atom is -0.465 e. The summed E-state index contributed by atoms with van der Waals surface area (Å²) in [5, 5.41) is 4.16. The predicted molar refractivity (Wildman–Crippen MR) is 81.3 cm³/mol. The van der Waals surface area contributed by atoms with Crippen LogP contribution in [0.4, 0.5) is 5.69 Å². The first-order valence-corrected chi connectivity index (χ1v) is 7.96. The lowest BCUT2D eigenvalue weighted by molar-refractivity contribution is 0.0600. The zero-order valence-corrected chi connectivity index (χ0v) is 13.6. The van der Waals surface area contributed by atoms with Crippen molar-refractivity contribution in [2.45, 2.75) is 18.7 Å². The summed E-state index contributed by atoms with van der Waals surface area (Å²) >= 11 is 0. The Morgan fingerprint density at radius 1 is 1.32 bits per heavy atom. The number of nitrogens with one attached hydrogen (secondary N) is 1. The van der Waals surface area contributed by atoms with E-state index in [4.69, 9.17) is 0 Å². The molecule has 0 amide bonds.